The third-order valence-corrected chi connectivity index (χ3v) is 2.69. The highest BCUT2D eigenvalue weighted by molar-refractivity contribution is 5.30. The molecule has 0 heterocycles. The van der Waals surface area contributed by atoms with Gasteiger partial charge in [-0.1, -0.05) is 37.6 Å². The topological polar surface area (TPSA) is 21.3 Å². The van der Waals surface area contributed by atoms with Gasteiger partial charge >= 0.3 is 0 Å². The molecule has 0 bridgehead atoms. The van der Waals surface area contributed by atoms with Crippen molar-refractivity contribution < 1.29 is 4.74 Å². The number of hydrogen-bond donors (Lipinski definition) is 1. The molecule has 0 atom stereocenters. The normalized spacial score (nSPS) is 11.1. The second-order valence-corrected chi connectivity index (χ2v) is 5.08. The zero-order valence-electron chi connectivity index (χ0n) is 11.5. The fourth-order valence-electron chi connectivity index (χ4n) is 1.68. The van der Waals surface area contributed by atoms with Gasteiger partial charge in [0.05, 0.1) is 6.61 Å². The predicted octanol–water partition coefficient (Wildman–Crippen LogP) is 3.07. The van der Waals surface area contributed by atoms with Crippen LogP contribution in [0.4, 0.5) is 0 Å². The molecule has 0 radical (unpaired) electrons. The average Bonchev–Trinajstić information content (AvgIpc) is 2.27. The fourth-order valence-corrected chi connectivity index (χ4v) is 1.68. The van der Waals surface area contributed by atoms with Crippen LogP contribution in [0.3, 0.4) is 0 Å². The lowest BCUT2D eigenvalue weighted by molar-refractivity contribution is 0.111. The summed E-state index contributed by atoms with van der Waals surface area (Å²) in [5, 5.41) is 3.42. The standard InChI is InChI=1S/C15H25NO/c1-12(2)11-17-8-7-16-10-15-9-13(3)5-6-14(15)4/h5-6,9,12,16H,7-8,10-11H2,1-4H3. The smallest absolute Gasteiger partial charge is 0.0591 e. The molecule has 0 aliphatic carbocycles. The molecule has 96 valence electrons. The summed E-state index contributed by atoms with van der Waals surface area (Å²) in [6.45, 7) is 12.1. The number of rotatable bonds is 7. The molecule has 0 amide bonds. The Morgan fingerprint density at radius 2 is 2.00 bits per heavy atom. The van der Waals surface area contributed by atoms with Crippen LogP contribution in [0.2, 0.25) is 0 Å². The first-order valence-corrected chi connectivity index (χ1v) is 6.44. The molecule has 1 rings (SSSR count). The monoisotopic (exact) mass is 235 g/mol. The summed E-state index contributed by atoms with van der Waals surface area (Å²) in [6.07, 6.45) is 0. The highest BCUT2D eigenvalue weighted by Gasteiger charge is 1.98. The van der Waals surface area contributed by atoms with Gasteiger partial charge in [0.15, 0.2) is 0 Å². The van der Waals surface area contributed by atoms with Gasteiger partial charge in [-0.2, -0.15) is 0 Å². The molecule has 2 heteroatoms. The lowest BCUT2D eigenvalue weighted by Crippen LogP contribution is -2.20. The van der Waals surface area contributed by atoms with Crippen LogP contribution in [0.5, 0.6) is 0 Å². The quantitative estimate of drug-likeness (QED) is 0.733. The summed E-state index contributed by atoms with van der Waals surface area (Å²) in [5.41, 5.74) is 4.06. The van der Waals surface area contributed by atoms with E-state index in [0.29, 0.717) is 5.92 Å². The molecule has 1 N–H and O–H groups in total. The van der Waals surface area contributed by atoms with E-state index in [-0.39, 0.29) is 0 Å². The van der Waals surface area contributed by atoms with Gasteiger partial charge in [-0.05, 0) is 30.9 Å². The Kier molecular flexibility index (Phi) is 6.23. The van der Waals surface area contributed by atoms with E-state index in [0.717, 1.165) is 26.3 Å². The first kappa shape index (κ1) is 14.2. The van der Waals surface area contributed by atoms with E-state index in [1.807, 2.05) is 0 Å². The van der Waals surface area contributed by atoms with Crippen LogP contribution in [0.25, 0.3) is 0 Å². The van der Waals surface area contributed by atoms with Crippen LogP contribution < -0.4 is 5.32 Å². The first-order chi connectivity index (χ1) is 8.09. The lowest BCUT2D eigenvalue weighted by Gasteiger charge is -2.10. The second-order valence-electron chi connectivity index (χ2n) is 5.08. The molecule has 0 fully saturated rings. The average molecular weight is 235 g/mol. The Bertz CT molecular complexity index is 334. The maximum absolute atomic E-state index is 5.52. The Hall–Kier alpha value is -0.860. The van der Waals surface area contributed by atoms with Gasteiger partial charge in [0, 0.05) is 19.7 Å². The Morgan fingerprint density at radius 3 is 2.71 bits per heavy atom. The number of nitrogens with one attached hydrogen (secondary N) is 1. The van der Waals surface area contributed by atoms with Gasteiger partial charge in [-0.15, -0.1) is 0 Å². The van der Waals surface area contributed by atoms with Crippen LogP contribution >= 0.6 is 0 Å². The molecule has 0 saturated heterocycles. The Labute approximate surface area is 105 Å². The van der Waals surface area contributed by atoms with Gasteiger partial charge in [0.1, 0.15) is 0 Å². The summed E-state index contributed by atoms with van der Waals surface area (Å²) in [7, 11) is 0. The minimum Gasteiger partial charge on any atom is -0.380 e. The van der Waals surface area contributed by atoms with Crippen molar-refractivity contribution in [2.75, 3.05) is 19.8 Å². The molecule has 0 unspecified atom stereocenters. The maximum Gasteiger partial charge on any atom is 0.0591 e. The van der Waals surface area contributed by atoms with E-state index < -0.39 is 0 Å². The van der Waals surface area contributed by atoms with Gasteiger partial charge in [-0.3, -0.25) is 0 Å². The lowest BCUT2D eigenvalue weighted by atomic mass is 10.1. The van der Waals surface area contributed by atoms with E-state index in [2.05, 4.69) is 51.2 Å². The van der Waals surface area contributed by atoms with E-state index >= 15 is 0 Å². The number of aryl methyl sites for hydroxylation is 2. The summed E-state index contributed by atoms with van der Waals surface area (Å²) in [5.74, 6) is 0.619. The molecule has 1 aromatic rings. The number of benzene rings is 1. The van der Waals surface area contributed by atoms with Gasteiger partial charge in [0.2, 0.25) is 0 Å². The summed E-state index contributed by atoms with van der Waals surface area (Å²) < 4.78 is 5.52. The number of hydrogen-bond acceptors (Lipinski definition) is 2. The van der Waals surface area contributed by atoms with Crippen molar-refractivity contribution in [2.45, 2.75) is 34.2 Å². The minimum absolute atomic E-state index is 0.619. The van der Waals surface area contributed by atoms with Gasteiger partial charge in [-0.25, -0.2) is 0 Å². The van der Waals surface area contributed by atoms with Crippen LogP contribution in [0, 0.1) is 19.8 Å². The predicted molar refractivity (Wildman–Crippen MR) is 73.3 cm³/mol. The SMILES string of the molecule is Cc1ccc(C)c(CNCCOCC(C)C)c1. The van der Waals surface area contributed by atoms with Gasteiger partial charge < -0.3 is 10.1 Å². The Balaban J connectivity index is 2.20. The summed E-state index contributed by atoms with van der Waals surface area (Å²) >= 11 is 0. The van der Waals surface area contributed by atoms with Crippen molar-refractivity contribution in [2.24, 2.45) is 5.92 Å². The van der Waals surface area contributed by atoms with E-state index in [4.69, 9.17) is 4.74 Å². The van der Waals surface area contributed by atoms with E-state index in [9.17, 15) is 0 Å². The minimum atomic E-state index is 0.619. The van der Waals surface area contributed by atoms with Crippen molar-refractivity contribution in [3.05, 3.63) is 34.9 Å². The molecule has 0 aliphatic heterocycles. The molecule has 0 aliphatic rings. The molecule has 1 aromatic carbocycles. The van der Waals surface area contributed by atoms with Crippen LogP contribution in [-0.4, -0.2) is 19.8 Å². The zero-order valence-corrected chi connectivity index (χ0v) is 11.5. The molecular weight excluding hydrogens is 210 g/mol. The zero-order chi connectivity index (χ0) is 12.7. The van der Waals surface area contributed by atoms with Crippen LogP contribution in [0.1, 0.15) is 30.5 Å². The number of ether oxygens (including phenoxy) is 1. The van der Waals surface area contributed by atoms with Gasteiger partial charge in [0.25, 0.3) is 0 Å². The van der Waals surface area contributed by atoms with Crippen molar-refractivity contribution in [3.63, 3.8) is 0 Å². The Morgan fingerprint density at radius 1 is 1.24 bits per heavy atom. The highest BCUT2D eigenvalue weighted by Crippen LogP contribution is 2.09. The fraction of sp³-hybridized carbons (Fsp3) is 0.600. The maximum atomic E-state index is 5.52. The third kappa shape index (κ3) is 5.85. The van der Waals surface area contributed by atoms with E-state index in [1.165, 1.54) is 16.7 Å². The molecular formula is C15H25NO. The largest absolute Gasteiger partial charge is 0.380 e. The molecule has 0 spiro atoms. The first-order valence-electron chi connectivity index (χ1n) is 6.44. The van der Waals surface area contributed by atoms with Crippen molar-refractivity contribution in [1.29, 1.82) is 0 Å². The van der Waals surface area contributed by atoms with Crippen molar-refractivity contribution >= 4 is 0 Å². The summed E-state index contributed by atoms with van der Waals surface area (Å²) in [6, 6.07) is 6.59. The van der Waals surface area contributed by atoms with Crippen molar-refractivity contribution in [1.82, 2.24) is 5.32 Å². The van der Waals surface area contributed by atoms with Crippen LogP contribution in [0.15, 0.2) is 18.2 Å². The summed E-state index contributed by atoms with van der Waals surface area (Å²) in [4.78, 5) is 0. The second kappa shape index (κ2) is 7.46. The van der Waals surface area contributed by atoms with Crippen LogP contribution in [-0.2, 0) is 11.3 Å². The third-order valence-electron chi connectivity index (χ3n) is 2.69. The van der Waals surface area contributed by atoms with Crippen molar-refractivity contribution in [3.8, 4) is 0 Å². The molecule has 0 aromatic heterocycles. The molecule has 2 nitrogen and oxygen atoms in total. The van der Waals surface area contributed by atoms with E-state index in [1.54, 1.807) is 0 Å². The molecule has 17 heavy (non-hydrogen) atoms. The molecule has 0 saturated carbocycles. The highest BCUT2D eigenvalue weighted by atomic mass is 16.5.